The molecule has 0 fully saturated rings. The number of nitrogens with zero attached hydrogens (tertiary/aromatic N) is 1. The standard InChI is InChI=1S/C23H35NO/c1-5-6-7-8-9-11-16-20(19-14-12-10-13-15-19)17-22-24-21(18-25-22)23(2,3)4/h10-16,20-21H,5-9,17-18H2,1-4H3/b16-11+/t20-,21+/m0/s1. The number of allylic oxidation sites excluding steroid dienone is 2. The molecule has 0 aliphatic carbocycles. The van der Waals surface area contributed by atoms with Gasteiger partial charge in [0.05, 0.1) is 6.04 Å². The first-order valence-corrected chi connectivity index (χ1v) is 9.91. The van der Waals surface area contributed by atoms with Crippen molar-refractivity contribution in [2.45, 2.75) is 78.2 Å². The molecule has 0 aromatic heterocycles. The van der Waals surface area contributed by atoms with Crippen LogP contribution in [-0.2, 0) is 4.74 Å². The number of benzene rings is 1. The highest BCUT2D eigenvalue weighted by Crippen LogP contribution is 2.29. The predicted octanol–water partition coefficient (Wildman–Crippen LogP) is 6.53. The Morgan fingerprint density at radius 2 is 1.92 bits per heavy atom. The quantitative estimate of drug-likeness (QED) is 0.369. The van der Waals surface area contributed by atoms with Gasteiger partial charge in [0.15, 0.2) is 5.90 Å². The molecule has 138 valence electrons. The summed E-state index contributed by atoms with van der Waals surface area (Å²) in [6.45, 7) is 9.69. The fourth-order valence-electron chi connectivity index (χ4n) is 3.11. The number of ether oxygens (including phenoxy) is 1. The van der Waals surface area contributed by atoms with Crippen molar-refractivity contribution in [1.29, 1.82) is 0 Å². The summed E-state index contributed by atoms with van der Waals surface area (Å²) in [6, 6.07) is 11.0. The molecule has 2 heteroatoms. The van der Waals surface area contributed by atoms with Crippen molar-refractivity contribution in [3.63, 3.8) is 0 Å². The van der Waals surface area contributed by atoms with E-state index >= 15 is 0 Å². The van der Waals surface area contributed by atoms with Crippen molar-refractivity contribution in [1.82, 2.24) is 0 Å². The predicted molar refractivity (Wildman–Crippen MR) is 108 cm³/mol. The van der Waals surface area contributed by atoms with Crippen LogP contribution in [0.1, 0.15) is 77.7 Å². The summed E-state index contributed by atoms with van der Waals surface area (Å²) in [5, 5.41) is 0. The van der Waals surface area contributed by atoms with E-state index in [0.717, 1.165) is 18.9 Å². The summed E-state index contributed by atoms with van der Waals surface area (Å²) in [7, 11) is 0. The third kappa shape index (κ3) is 6.68. The van der Waals surface area contributed by atoms with Gasteiger partial charge in [-0.1, -0.05) is 89.4 Å². The molecular formula is C23H35NO. The van der Waals surface area contributed by atoms with Gasteiger partial charge in [0.25, 0.3) is 0 Å². The van der Waals surface area contributed by atoms with Crippen LogP contribution in [-0.4, -0.2) is 18.5 Å². The zero-order chi connectivity index (χ0) is 18.1. The van der Waals surface area contributed by atoms with Crippen LogP contribution in [0.3, 0.4) is 0 Å². The zero-order valence-corrected chi connectivity index (χ0v) is 16.5. The van der Waals surface area contributed by atoms with E-state index in [9.17, 15) is 0 Å². The minimum Gasteiger partial charge on any atom is -0.479 e. The average Bonchev–Trinajstić information content (AvgIpc) is 3.07. The molecule has 1 aliphatic rings. The van der Waals surface area contributed by atoms with Gasteiger partial charge in [0.2, 0.25) is 0 Å². The number of aliphatic imine (C=N–C) groups is 1. The number of hydrogen-bond donors (Lipinski definition) is 0. The van der Waals surface area contributed by atoms with Gasteiger partial charge in [-0.2, -0.15) is 0 Å². The molecule has 2 rings (SSSR count). The summed E-state index contributed by atoms with van der Waals surface area (Å²) in [4.78, 5) is 4.85. The fourth-order valence-corrected chi connectivity index (χ4v) is 3.11. The van der Waals surface area contributed by atoms with Crippen LogP contribution >= 0.6 is 0 Å². The van der Waals surface area contributed by atoms with Crippen LogP contribution in [0.2, 0.25) is 0 Å². The van der Waals surface area contributed by atoms with Gasteiger partial charge in [0.1, 0.15) is 6.61 Å². The summed E-state index contributed by atoms with van der Waals surface area (Å²) < 4.78 is 5.92. The summed E-state index contributed by atoms with van der Waals surface area (Å²) in [6.07, 6.45) is 12.0. The smallest absolute Gasteiger partial charge is 0.184 e. The van der Waals surface area contributed by atoms with Crippen molar-refractivity contribution in [3.8, 4) is 0 Å². The number of hydrogen-bond acceptors (Lipinski definition) is 2. The fraction of sp³-hybridized carbons (Fsp3) is 0.609. The first-order valence-electron chi connectivity index (χ1n) is 9.91. The molecule has 0 radical (unpaired) electrons. The summed E-state index contributed by atoms with van der Waals surface area (Å²) in [5.41, 5.74) is 1.51. The lowest BCUT2D eigenvalue weighted by atomic mass is 9.88. The highest BCUT2D eigenvalue weighted by molar-refractivity contribution is 5.79. The molecule has 0 unspecified atom stereocenters. The molecule has 2 atom stereocenters. The Hall–Kier alpha value is -1.57. The van der Waals surface area contributed by atoms with E-state index in [0.29, 0.717) is 5.92 Å². The van der Waals surface area contributed by atoms with Gasteiger partial charge in [0, 0.05) is 12.3 Å². The molecule has 0 N–H and O–H groups in total. The van der Waals surface area contributed by atoms with E-state index in [1.807, 2.05) is 0 Å². The Labute approximate surface area is 154 Å². The largest absolute Gasteiger partial charge is 0.479 e. The first kappa shape index (κ1) is 19.8. The molecule has 0 saturated carbocycles. The van der Waals surface area contributed by atoms with E-state index in [1.165, 1.54) is 37.7 Å². The van der Waals surface area contributed by atoms with E-state index in [1.54, 1.807) is 0 Å². The van der Waals surface area contributed by atoms with Gasteiger partial charge in [-0.25, -0.2) is 4.99 Å². The third-order valence-corrected chi connectivity index (χ3v) is 4.92. The van der Waals surface area contributed by atoms with Crippen molar-refractivity contribution in [2.75, 3.05) is 6.61 Å². The molecular weight excluding hydrogens is 306 g/mol. The highest BCUT2D eigenvalue weighted by atomic mass is 16.5. The van der Waals surface area contributed by atoms with Gasteiger partial charge in [-0.05, 0) is 23.8 Å². The Morgan fingerprint density at radius 3 is 2.56 bits per heavy atom. The SMILES string of the molecule is CCCCCC/C=C/[C@@H](CC1=N[C@@H](C(C)(C)C)CO1)c1ccccc1. The Morgan fingerprint density at radius 1 is 1.16 bits per heavy atom. The molecule has 1 aromatic carbocycles. The molecule has 1 aromatic rings. The minimum absolute atomic E-state index is 0.166. The lowest BCUT2D eigenvalue weighted by Crippen LogP contribution is -2.25. The van der Waals surface area contributed by atoms with Crippen LogP contribution in [0, 0.1) is 5.41 Å². The Bertz CT molecular complexity index is 553. The lowest BCUT2D eigenvalue weighted by molar-refractivity contribution is 0.232. The molecule has 0 spiro atoms. The topological polar surface area (TPSA) is 21.6 Å². The van der Waals surface area contributed by atoms with E-state index < -0.39 is 0 Å². The molecule has 0 amide bonds. The molecule has 2 nitrogen and oxygen atoms in total. The van der Waals surface area contributed by atoms with Crippen molar-refractivity contribution < 1.29 is 4.74 Å². The molecule has 0 saturated heterocycles. The molecule has 1 heterocycles. The number of rotatable bonds is 9. The van der Waals surface area contributed by atoms with Crippen LogP contribution < -0.4 is 0 Å². The van der Waals surface area contributed by atoms with Gasteiger partial charge < -0.3 is 4.74 Å². The highest BCUT2D eigenvalue weighted by Gasteiger charge is 2.30. The maximum Gasteiger partial charge on any atom is 0.184 e. The second-order valence-electron chi connectivity index (χ2n) is 8.21. The van der Waals surface area contributed by atoms with Crippen LogP contribution in [0.15, 0.2) is 47.5 Å². The lowest BCUT2D eigenvalue weighted by Gasteiger charge is -2.21. The van der Waals surface area contributed by atoms with Gasteiger partial charge >= 0.3 is 0 Å². The van der Waals surface area contributed by atoms with Crippen molar-refractivity contribution in [3.05, 3.63) is 48.0 Å². The Balaban J connectivity index is 1.99. The first-order chi connectivity index (χ1) is 12.0. The monoisotopic (exact) mass is 341 g/mol. The van der Waals surface area contributed by atoms with E-state index in [-0.39, 0.29) is 11.5 Å². The normalized spacial score (nSPS) is 19.0. The van der Waals surface area contributed by atoms with Crippen molar-refractivity contribution in [2.24, 2.45) is 10.4 Å². The molecule has 25 heavy (non-hydrogen) atoms. The second-order valence-corrected chi connectivity index (χ2v) is 8.21. The molecule has 0 bridgehead atoms. The van der Waals surface area contributed by atoms with Crippen LogP contribution in [0.5, 0.6) is 0 Å². The average molecular weight is 342 g/mol. The van der Waals surface area contributed by atoms with Crippen LogP contribution in [0.4, 0.5) is 0 Å². The van der Waals surface area contributed by atoms with Crippen LogP contribution in [0.25, 0.3) is 0 Å². The number of unbranched alkanes of at least 4 members (excludes halogenated alkanes) is 4. The second kappa shape index (κ2) is 9.79. The van der Waals surface area contributed by atoms with Crippen molar-refractivity contribution >= 4 is 5.90 Å². The summed E-state index contributed by atoms with van der Waals surface area (Å²) in [5.74, 6) is 1.27. The summed E-state index contributed by atoms with van der Waals surface area (Å²) >= 11 is 0. The van der Waals surface area contributed by atoms with Gasteiger partial charge in [-0.15, -0.1) is 0 Å². The third-order valence-electron chi connectivity index (χ3n) is 4.92. The zero-order valence-electron chi connectivity index (χ0n) is 16.5. The van der Waals surface area contributed by atoms with Gasteiger partial charge in [-0.3, -0.25) is 0 Å². The van der Waals surface area contributed by atoms with E-state index in [2.05, 4.69) is 70.2 Å². The Kier molecular flexibility index (Phi) is 7.74. The van der Waals surface area contributed by atoms with E-state index in [4.69, 9.17) is 9.73 Å². The minimum atomic E-state index is 0.166. The molecule has 1 aliphatic heterocycles. The maximum absolute atomic E-state index is 5.92. The maximum atomic E-state index is 5.92.